The van der Waals surface area contributed by atoms with Crippen LogP contribution in [0.25, 0.3) is 15.9 Å². The van der Waals surface area contributed by atoms with Gasteiger partial charge in [0.15, 0.2) is 0 Å². The Hall–Kier alpha value is -2.39. The molecule has 0 saturated heterocycles. The Morgan fingerprint density at radius 2 is 2.11 bits per heavy atom. The van der Waals surface area contributed by atoms with Crippen molar-refractivity contribution in [1.29, 1.82) is 0 Å². The lowest BCUT2D eigenvalue weighted by atomic mass is 10.2. The first-order valence-corrected chi connectivity index (χ1v) is 8.99. The zero-order valence-corrected chi connectivity index (χ0v) is 15.7. The van der Waals surface area contributed by atoms with Crippen LogP contribution in [-0.4, -0.2) is 35.4 Å². The molecule has 1 amide bonds. The van der Waals surface area contributed by atoms with Gasteiger partial charge in [0.25, 0.3) is 5.91 Å². The summed E-state index contributed by atoms with van der Waals surface area (Å²) in [6, 6.07) is 6.51. The lowest BCUT2D eigenvalue weighted by Gasteiger charge is -2.11. The molecule has 0 aliphatic rings. The topological polar surface area (TPSA) is 56.1 Å². The lowest BCUT2D eigenvalue weighted by Crippen LogP contribution is -2.35. The van der Waals surface area contributed by atoms with Crippen molar-refractivity contribution in [3.8, 4) is 5.69 Å². The number of aromatic nitrogens is 2. The van der Waals surface area contributed by atoms with Crippen molar-refractivity contribution in [3.05, 3.63) is 46.5 Å². The Kier molecular flexibility index (Phi) is 5.25. The van der Waals surface area contributed by atoms with Crippen LogP contribution in [0.2, 0.25) is 0 Å². The molecule has 0 radical (unpaired) electrons. The van der Waals surface area contributed by atoms with Crippen LogP contribution in [0.15, 0.2) is 30.3 Å². The number of hydrogen-bond donors (Lipinski definition) is 1. The summed E-state index contributed by atoms with van der Waals surface area (Å²) in [5.41, 5.74) is 0.191. The number of thiophene rings is 1. The van der Waals surface area contributed by atoms with E-state index in [1.807, 2.05) is 6.92 Å². The summed E-state index contributed by atoms with van der Waals surface area (Å²) >= 11 is 1.19. The molecule has 0 bridgehead atoms. The highest BCUT2D eigenvalue weighted by Crippen LogP contribution is 2.33. The summed E-state index contributed by atoms with van der Waals surface area (Å²) < 4.78 is 45.5. The SMILES string of the molecule is COC[C@H](C)NC(=O)c1cc2c(C)nn(-c3cccc(C(F)(F)F)c3)c2s1. The number of alkyl halides is 3. The van der Waals surface area contributed by atoms with Crippen LogP contribution in [0, 0.1) is 6.92 Å². The number of aryl methyl sites for hydroxylation is 1. The first-order valence-electron chi connectivity index (χ1n) is 8.17. The van der Waals surface area contributed by atoms with E-state index < -0.39 is 11.7 Å². The molecule has 0 spiro atoms. The number of ether oxygens (including phenoxy) is 1. The fourth-order valence-corrected chi connectivity index (χ4v) is 3.82. The van der Waals surface area contributed by atoms with E-state index >= 15 is 0 Å². The zero-order chi connectivity index (χ0) is 19.8. The Bertz CT molecular complexity index is 978. The largest absolute Gasteiger partial charge is 0.416 e. The van der Waals surface area contributed by atoms with Crippen molar-refractivity contribution >= 4 is 27.5 Å². The maximum atomic E-state index is 13.0. The van der Waals surface area contributed by atoms with E-state index in [1.54, 1.807) is 26.2 Å². The zero-order valence-electron chi connectivity index (χ0n) is 14.9. The van der Waals surface area contributed by atoms with Gasteiger partial charge in [-0.2, -0.15) is 18.3 Å². The number of halogens is 3. The summed E-state index contributed by atoms with van der Waals surface area (Å²) in [6.07, 6.45) is -4.44. The van der Waals surface area contributed by atoms with Crippen molar-refractivity contribution < 1.29 is 22.7 Å². The van der Waals surface area contributed by atoms with Gasteiger partial charge in [-0.3, -0.25) is 4.79 Å². The van der Waals surface area contributed by atoms with Gasteiger partial charge < -0.3 is 10.1 Å². The molecule has 1 atom stereocenters. The summed E-state index contributed by atoms with van der Waals surface area (Å²) in [5.74, 6) is -0.254. The molecular weight excluding hydrogens is 379 g/mol. The van der Waals surface area contributed by atoms with Crippen LogP contribution in [0.3, 0.4) is 0 Å². The van der Waals surface area contributed by atoms with Gasteiger partial charge in [-0.05, 0) is 38.1 Å². The summed E-state index contributed by atoms with van der Waals surface area (Å²) in [4.78, 5) is 13.5. The van der Waals surface area contributed by atoms with Gasteiger partial charge in [-0.25, -0.2) is 4.68 Å². The van der Waals surface area contributed by atoms with E-state index in [0.29, 0.717) is 27.7 Å². The summed E-state index contributed by atoms with van der Waals surface area (Å²) in [6.45, 7) is 3.96. The Morgan fingerprint density at radius 3 is 2.78 bits per heavy atom. The Labute approximate surface area is 157 Å². The molecule has 9 heteroatoms. The predicted molar refractivity (Wildman–Crippen MR) is 97.5 cm³/mol. The standard InChI is InChI=1S/C18H18F3N3O2S/c1-10(9-26-3)22-16(25)15-8-14-11(2)23-24(17(14)27-15)13-6-4-5-12(7-13)18(19,20)21/h4-8,10H,9H2,1-3H3,(H,22,25)/t10-/m0/s1. The fourth-order valence-electron chi connectivity index (χ4n) is 2.73. The van der Waals surface area contributed by atoms with Crippen LogP contribution in [-0.2, 0) is 10.9 Å². The Balaban J connectivity index is 1.99. The molecule has 27 heavy (non-hydrogen) atoms. The second-order valence-corrected chi connectivity index (χ2v) is 7.24. The Morgan fingerprint density at radius 1 is 1.37 bits per heavy atom. The van der Waals surface area contributed by atoms with Gasteiger partial charge in [-0.15, -0.1) is 11.3 Å². The third-order valence-electron chi connectivity index (χ3n) is 3.98. The number of carbonyl (C=O) groups is 1. The molecule has 3 rings (SSSR count). The summed E-state index contributed by atoms with van der Waals surface area (Å²) in [5, 5.41) is 7.90. The van der Waals surface area contributed by atoms with E-state index in [-0.39, 0.29) is 11.9 Å². The molecule has 3 aromatic rings. The lowest BCUT2D eigenvalue weighted by molar-refractivity contribution is -0.137. The van der Waals surface area contributed by atoms with Crippen molar-refractivity contribution in [2.75, 3.05) is 13.7 Å². The van der Waals surface area contributed by atoms with E-state index in [1.165, 1.54) is 22.1 Å². The van der Waals surface area contributed by atoms with Gasteiger partial charge >= 0.3 is 6.18 Å². The molecule has 0 fully saturated rings. The number of rotatable bonds is 5. The number of fused-ring (bicyclic) bond motifs is 1. The third-order valence-corrected chi connectivity index (χ3v) is 5.09. The van der Waals surface area contributed by atoms with Gasteiger partial charge in [0.05, 0.1) is 28.4 Å². The van der Waals surface area contributed by atoms with E-state index in [4.69, 9.17) is 4.74 Å². The average Bonchev–Trinajstić information content (AvgIpc) is 3.15. The smallest absolute Gasteiger partial charge is 0.383 e. The first kappa shape index (κ1) is 19.4. The fraction of sp³-hybridized carbons (Fsp3) is 0.333. The second-order valence-electron chi connectivity index (χ2n) is 6.20. The van der Waals surface area contributed by atoms with Gasteiger partial charge in [0.2, 0.25) is 0 Å². The highest BCUT2D eigenvalue weighted by atomic mass is 32.1. The normalized spacial score (nSPS) is 13.1. The van der Waals surface area contributed by atoms with E-state index in [2.05, 4.69) is 10.4 Å². The monoisotopic (exact) mass is 397 g/mol. The quantitative estimate of drug-likeness (QED) is 0.703. The number of carbonyl (C=O) groups excluding carboxylic acids is 1. The molecule has 1 aromatic carbocycles. The summed E-state index contributed by atoms with van der Waals surface area (Å²) in [7, 11) is 1.55. The maximum absolute atomic E-state index is 13.0. The molecule has 2 heterocycles. The molecule has 0 aliphatic carbocycles. The molecule has 1 N–H and O–H groups in total. The minimum Gasteiger partial charge on any atom is -0.383 e. The van der Waals surface area contributed by atoms with Crippen molar-refractivity contribution in [2.45, 2.75) is 26.1 Å². The maximum Gasteiger partial charge on any atom is 0.416 e. The van der Waals surface area contributed by atoms with Crippen molar-refractivity contribution in [1.82, 2.24) is 15.1 Å². The first-order chi connectivity index (χ1) is 12.7. The van der Waals surface area contributed by atoms with Crippen molar-refractivity contribution in [2.24, 2.45) is 0 Å². The van der Waals surface area contributed by atoms with Crippen LogP contribution in [0.4, 0.5) is 13.2 Å². The molecule has 0 unspecified atom stereocenters. The molecule has 2 aromatic heterocycles. The average molecular weight is 397 g/mol. The van der Waals surface area contributed by atoms with Gasteiger partial charge in [0, 0.05) is 18.5 Å². The predicted octanol–water partition coefficient (Wildman–Crippen LogP) is 4.18. The van der Waals surface area contributed by atoms with Gasteiger partial charge in [-0.1, -0.05) is 6.07 Å². The number of nitrogens with zero attached hydrogens (tertiary/aromatic N) is 2. The van der Waals surface area contributed by atoms with Crippen LogP contribution in [0.1, 0.15) is 27.9 Å². The second kappa shape index (κ2) is 7.32. The van der Waals surface area contributed by atoms with E-state index in [0.717, 1.165) is 17.5 Å². The number of benzene rings is 1. The highest BCUT2D eigenvalue weighted by molar-refractivity contribution is 7.20. The number of hydrogen-bond acceptors (Lipinski definition) is 4. The van der Waals surface area contributed by atoms with Crippen LogP contribution >= 0.6 is 11.3 Å². The number of amides is 1. The van der Waals surface area contributed by atoms with Crippen LogP contribution in [0.5, 0.6) is 0 Å². The minimum atomic E-state index is -4.44. The highest BCUT2D eigenvalue weighted by Gasteiger charge is 2.31. The van der Waals surface area contributed by atoms with Gasteiger partial charge in [0.1, 0.15) is 4.83 Å². The number of methoxy groups -OCH3 is 1. The third kappa shape index (κ3) is 3.98. The molecule has 0 aliphatic heterocycles. The molecule has 5 nitrogen and oxygen atoms in total. The molecular formula is C18H18F3N3O2S. The molecule has 144 valence electrons. The minimum absolute atomic E-state index is 0.159. The molecule has 0 saturated carbocycles. The van der Waals surface area contributed by atoms with E-state index in [9.17, 15) is 18.0 Å². The van der Waals surface area contributed by atoms with Crippen molar-refractivity contribution in [3.63, 3.8) is 0 Å². The van der Waals surface area contributed by atoms with Crippen LogP contribution < -0.4 is 5.32 Å². The number of nitrogens with one attached hydrogen (secondary N) is 1.